The average molecular weight is 330 g/mol. The van der Waals surface area contributed by atoms with E-state index >= 15 is 0 Å². The smallest absolute Gasteiger partial charge is 0.220 e. The summed E-state index contributed by atoms with van der Waals surface area (Å²) in [5.74, 6) is -0.00294. The topological polar surface area (TPSA) is 70.7 Å². The average Bonchev–Trinajstić information content (AvgIpc) is 3.15. The van der Waals surface area contributed by atoms with E-state index in [0.29, 0.717) is 24.9 Å². The fourth-order valence-corrected chi connectivity index (χ4v) is 2.46. The lowest BCUT2D eigenvalue weighted by atomic mass is 10.1. The maximum atomic E-state index is 12.0. The van der Waals surface area contributed by atoms with Gasteiger partial charge in [0.1, 0.15) is 0 Å². The van der Waals surface area contributed by atoms with Gasteiger partial charge in [0.05, 0.1) is 23.5 Å². The van der Waals surface area contributed by atoms with Crippen molar-refractivity contribution >= 4 is 5.91 Å². The van der Waals surface area contributed by atoms with Gasteiger partial charge >= 0.3 is 0 Å². The van der Waals surface area contributed by atoms with Gasteiger partial charge in [0.15, 0.2) is 0 Å². The highest BCUT2D eigenvalue weighted by Gasteiger charge is 2.05. The summed E-state index contributed by atoms with van der Waals surface area (Å²) in [7, 11) is 0. The predicted octanol–water partition coefficient (Wildman–Crippen LogP) is 2.99. The van der Waals surface area contributed by atoms with Crippen molar-refractivity contribution in [3.63, 3.8) is 0 Å². The van der Waals surface area contributed by atoms with Crippen molar-refractivity contribution < 1.29 is 4.79 Å². The van der Waals surface area contributed by atoms with E-state index in [1.807, 2.05) is 53.3 Å². The molecule has 0 bridgehead atoms. The first-order valence-corrected chi connectivity index (χ1v) is 8.09. The van der Waals surface area contributed by atoms with E-state index < -0.39 is 0 Å². The standard InChI is InChI=1S/C20H18N4O/c21-12-16-6-8-17(9-7-16)13-22-20(25)11-10-18-14-23-24(15-18)19-4-2-1-3-5-19/h1-9,14-15H,10-11,13H2,(H,22,25). The summed E-state index contributed by atoms with van der Waals surface area (Å²) in [6, 6.07) is 19.1. The van der Waals surface area contributed by atoms with Crippen molar-refractivity contribution in [1.82, 2.24) is 15.1 Å². The van der Waals surface area contributed by atoms with Gasteiger partial charge in [-0.2, -0.15) is 10.4 Å². The molecule has 0 spiro atoms. The van der Waals surface area contributed by atoms with E-state index in [4.69, 9.17) is 5.26 Å². The van der Waals surface area contributed by atoms with Gasteiger partial charge in [0, 0.05) is 19.2 Å². The zero-order valence-corrected chi connectivity index (χ0v) is 13.7. The molecule has 25 heavy (non-hydrogen) atoms. The van der Waals surface area contributed by atoms with Crippen LogP contribution in [0.3, 0.4) is 0 Å². The molecule has 0 aliphatic heterocycles. The Hall–Kier alpha value is -3.39. The largest absolute Gasteiger partial charge is 0.352 e. The van der Waals surface area contributed by atoms with Gasteiger partial charge in [-0.3, -0.25) is 4.79 Å². The molecule has 2 aromatic carbocycles. The molecule has 1 amide bonds. The normalized spacial score (nSPS) is 10.2. The van der Waals surface area contributed by atoms with Crippen LogP contribution in [-0.2, 0) is 17.8 Å². The van der Waals surface area contributed by atoms with Crippen LogP contribution >= 0.6 is 0 Å². The van der Waals surface area contributed by atoms with Crippen LogP contribution in [0.25, 0.3) is 5.69 Å². The second-order valence-corrected chi connectivity index (χ2v) is 5.71. The fourth-order valence-electron chi connectivity index (χ4n) is 2.46. The van der Waals surface area contributed by atoms with E-state index in [9.17, 15) is 4.79 Å². The quantitative estimate of drug-likeness (QED) is 0.755. The lowest BCUT2D eigenvalue weighted by Crippen LogP contribution is -2.22. The Morgan fingerprint density at radius 1 is 1.08 bits per heavy atom. The first-order valence-electron chi connectivity index (χ1n) is 8.09. The number of benzene rings is 2. The van der Waals surface area contributed by atoms with E-state index in [1.54, 1.807) is 18.3 Å². The summed E-state index contributed by atoms with van der Waals surface area (Å²) in [5.41, 5.74) is 3.62. The summed E-state index contributed by atoms with van der Waals surface area (Å²) in [6.07, 6.45) is 4.80. The van der Waals surface area contributed by atoms with Crippen LogP contribution in [0.15, 0.2) is 67.0 Å². The van der Waals surface area contributed by atoms with Crippen LogP contribution in [0.5, 0.6) is 0 Å². The molecule has 0 atom stereocenters. The van der Waals surface area contributed by atoms with Crippen LogP contribution in [0.4, 0.5) is 0 Å². The molecule has 0 fully saturated rings. The molecule has 124 valence electrons. The van der Waals surface area contributed by atoms with Gasteiger partial charge in [-0.15, -0.1) is 0 Å². The number of aryl methyl sites for hydroxylation is 1. The molecule has 0 unspecified atom stereocenters. The number of carbonyl (C=O) groups is 1. The van der Waals surface area contributed by atoms with Crippen molar-refractivity contribution in [2.45, 2.75) is 19.4 Å². The molecule has 0 aliphatic carbocycles. The van der Waals surface area contributed by atoms with Gasteiger partial charge in [0.2, 0.25) is 5.91 Å². The van der Waals surface area contributed by atoms with Crippen LogP contribution in [0.2, 0.25) is 0 Å². The second kappa shape index (κ2) is 7.93. The Labute approximate surface area is 146 Å². The van der Waals surface area contributed by atoms with Gasteiger partial charge in [-0.05, 0) is 41.8 Å². The number of carbonyl (C=O) groups excluding carboxylic acids is 1. The number of nitrogens with zero attached hydrogens (tertiary/aromatic N) is 3. The van der Waals surface area contributed by atoms with Gasteiger partial charge in [0.25, 0.3) is 0 Å². The third-order valence-electron chi connectivity index (χ3n) is 3.87. The number of nitriles is 1. The third-order valence-corrected chi connectivity index (χ3v) is 3.87. The van der Waals surface area contributed by atoms with E-state index in [2.05, 4.69) is 16.5 Å². The molecule has 1 N–H and O–H groups in total. The summed E-state index contributed by atoms with van der Waals surface area (Å²) in [4.78, 5) is 12.0. The lowest BCUT2D eigenvalue weighted by Gasteiger charge is -2.05. The predicted molar refractivity (Wildman–Crippen MR) is 94.9 cm³/mol. The molecule has 5 heteroatoms. The summed E-state index contributed by atoms with van der Waals surface area (Å²) >= 11 is 0. The Balaban J connectivity index is 1.47. The number of para-hydroxylation sites is 1. The SMILES string of the molecule is N#Cc1ccc(CNC(=O)CCc2cnn(-c3ccccc3)c2)cc1. The Kier molecular flexibility index (Phi) is 5.22. The molecule has 5 nitrogen and oxygen atoms in total. The van der Waals surface area contributed by atoms with Gasteiger partial charge in [-0.1, -0.05) is 30.3 Å². The maximum absolute atomic E-state index is 12.0. The molecule has 1 heterocycles. The van der Waals surface area contributed by atoms with E-state index in [1.165, 1.54) is 0 Å². The summed E-state index contributed by atoms with van der Waals surface area (Å²) in [5, 5.41) is 16.0. The number of hydrogen-bond donors (Lipinski definition) is 1. The third kappa shape index (κ3) is 4.55. The minimum absolute atomic E-state index is 0.00294. The Bertz CT molecular complexity index is 876. The number of amides is 1. The van der Waals surface area contributed by atoms with Gasteiger partial charge in [-0.25, -0.2) is 4.68 Å². The number of aromatic nitrogens is 2. The zero-order valence-electron chi connectivity index (χ0n) is 13.7. The van der Waals surface area contributed by atoms with E-state index in [0.717, 1.165) is 16.8 Å². The minimum Gasteiger partial charge on any atom is -0.352 e. The first kappa shape index (κ1) is 16.5. The highest BCUT2D eigenvalue weighted by Crippen LogP contribution is 2.09. The fraction of sp³-hybridized carbons (Fsp3) is 0.150. The minimum atomic E-state index is -0.00294. The van der Waals surface area contributed by atoms with Crippen molar-refractivity contribution in [1.29, 1.82) is 5.26 Å². The monoisotopic (exact) mass is 330 g/mol. The zero-order chi connectivity index (χ0) is 17.5. The van der Waals surface area contributed by atoms with Crippen molar-refractivity contribution in [2.24, 2.45) is 0 Å². The van der Waals surface area contributed by atoms with Crippen LogP contribution < -0.4 is 5.32 Å². The molecule has 3 aromatic rings. The lowest BCUT2D eigenvalue weighted by molar-refractivity contribution is -0.121. The maximum Gasteiger partial charge on any atom is 0.220 e. The van der Waals surface area contributed by atoms with Crippen molar-refractivity contribution in [3.8, 4) is 11.8 Å². The summed E-state index contributed by atoms with van der Waals surface area (Å²) in [6.45, 7) is 0.466. The number of rotatable bonds is 6. The number of hydrogen-bond acceptors (Lipinski definition) is 3. The van der Waals surface area contributed by atoms with Gasteiger partial charge < -0.3 is 5.32 Å². The summed E-state index contributed by atoms with van der Waals surface area (Å²) < 4.78 is 1.81. The molecular weight excluding hydrogens is 312 g/mol. The second-order valence-electron chi connectivity index (χ2n) is 5.71. The van der Waals surface area contributed by atoms with Crippen molar-refractivity contribution in [2.75, 3.05) is 0 Å². The van der Waals surface area contributed by atoms with E-state index in [-0.39, 0.29) is 5.91 Å². The molecular formula is C20H18N4O. The molecule has 0 saturated heterocycles. The number of nitrogens with one attached hydrogen (secondary N) is 1. The Morgan fingerprint density at radius 3 is 2.56 bits per heavy atom. The highest BCUT2D eigenvalue weighted by molar-refractivity contribution is 5.76. The van der Waals surface area contributed by atoms with Crippen LogP contribution in [0, 0.1) is 11.3 Å². The van der Waals surface area contributed by atoms with Crippen molar-refractivity contribution in [3.05, 3.63) is 83.7 Å². The molecule has 3 rings (SSSR count). The Morgan fingerprint density at radius 2 is 1.84 bits per heavy atom. The molecule has 1 aromatic heterocycles. The van der Waals surface area contributed by atoms with Crippen LogP contribution in [-0.4, -0.2) is 15.7 Å². The molecule has 0 radical (unpaired) electrons. The molecule has 0 saturated carbocycles. The molecule has 0 aliphatic rings. The van der Waals surface area contributed by atoms with Crippen LogP contribution in [0.1, 0.15) is 23.1 Å². The first-order chi connectivity index (χ1) is 12.2. The highest BCUT2D eigenvalue weighted by atomic mass is 16.1.